The second-order valence-electron chi connectivity index (χ2n) is 6.25. The average molecular weight is 192 g/mol. The Hall–Kier alpha value is -0.0400. The maximum absolute atomic E-state index is 5.36. The molecule has 0 radical (unpaired) electrons. The molecule has 0 saturated heterocycles. The van der Waals surface area contributed by atoms with E-state index in [1.54, 1.807) is 19.3 Å². The summed E-state index contributed by atoms with van der Waals surface area (Å²) in [5, 5.41) is 0. The van der Waals surface area contributed by atoms with Crippen LogP contribution in [0, 0.1) is 41.4 Å². The molecular formula is C13H20O. The van der Waals surface area contributed by atoms with Crippen molar-refractivity contribution in [2.45, 2.75) is 25.7 Å². The molecule has 1 heteroatoms. The number of fused-ring (bicyclic) bond motifs is 7. The molecule has 7 unspecified atom stereocenters. The van der Waals surface area contributed by atoms with E-state index in [0.717, 1.165) is 30.3 Å². The van der Waals surface area contributed by atoms with Gasteiger partial charge in [-0.05, 0) is 67.1 Å². The summed E-state index contributed by atoms with van der Waals surface area (Å²) in [4.78, 5) is 0. The van der Waals surface area contributed by atoms with Crippen molar-refractivity contribution in [1.29, 1.82) is 0 Å². The van der Waals surface area contributed by atoms with Gasteiger partial charge in [0.2, 0.25) is 0 Å². The maximum Gasteiger partial charge on any atom is 0.0493 e. The van der Waals surface area contributed by atoms with E-state index in [1.807, 2.05) is 7.11 Å². The van der Waals surface area contributed by atoms with Crippen LogP contribution in [-0.2, 0) is 4.74 Å². The lowest BCUT2D eigenvalue weighted by atomic mass is 9.74. The van der Waals surface area contributed by atoms with Gasteiger partial charge in [0.25, 0.3) is 0 Å². The van der Waals surface area contributed by atoms with Crippen LogP contribution in [0.3, 0.4) is 0 Å². The Kier molecular flexibility index (Phi) is 1.49. The summed E-state index contributed by atoms with van der Waals surface area (Å²) in [6.07, 6.45) is 6.26. The number of ether oxygens (including phenoxy) is 1. The van der Waals surface area contributed by atoms with Crippen molar-refractivity contribution in [3.05, 3.63) is 0 Å². The Balaban J connectivity index is 1.57. The number of hydrogen-bond donors (Lipinski definition) is 0. The first-order valence-electron chi connectivity index (χ1n) is 6.37. The van der Waals surface area contributed by atoms with Crippen molar-refractivity contribution in [2.24, 2.45) is 41.4 Å². The minimum atomic E-state index is 0.934. The van der Waals surface area contributed by atoms with Crippen LogP contribution in [0.4, 0.5) is 0 Å². The minimum Gasteiger partial charge on any atom is -0.384 e. The van der Waals surface area contributed by atoms with Crippen molar-refractivity contribution >= 4 is 0 Å². The summed E-state index contributed by atoms with van der Waals surface area (Å²) in [6.45, 7) is 1.04. The van der Waals surface area contributed by atoms with E-state index in [1.165, 1.54) is 24.2 Å². The van der Waals surface area contributed by atoms with E-state index in [9.17, 15) is 0 Å². The lowest BCUT2D eigenvalue weighted by Crippen LogP contribution is -2.28. The smallest absolute Gasteiger partial charge is 0.0493 e. The zero-order valence-electron chi connectivity index (χ0n) is 8.99. The molecule has 2 bridgehead atoms. The lowest BCUT2D eigenvalue weighted by Gasteiger charge is -2.32. The van der Waals surface area contributed by atoms with Gasteiger partial charge in [-0.1, -0.05) is 0 Å². The highest BCUT2D eigenvalue weighted by atomic mass is 16.5. The molecule has 0 amide bonds. The molecule has 1 nitrogen and oxygen atoms in total. The number of methoxy groups -OCH3 is 1. The summed E-state index contributed by atoms with van der Waals surface area (Å²) in [5.41, 5.74) is 0. The molecule has 78 valence electrons. The van der Waals surface area contributed by atoms with Gasteiger partial charge in [0.05, 0.1) is 0 Å². The molecule has 0 aromatic rings. The average Bonchev–Trinajstić information content (AvgIpc) is 2.62. The first-order valence-corrected chi connectivity index (χ1v) is 6.37. The van der Waals surface area contributed by atoms with Crippen molar-refractivity contribution in [1.82, 2.24) is 0 Å². The van der Waals surface area contributed by atoms with Gasteiger partial charge in [-0.3, -0.25) is 0 Å². The summed E-state index contributed by atoms with van der Waals surface area (Å²) >= 11 is 0. The quantitative estimate of drug-likeness (QED) is 0.653. The Labute approximate surface area is 86.2 Å². The second-order valence-corrected chi connectivity index (χ2v) is 6.25. The molecule has 7 atom stereocenters. The Morgan fingerprint density at radius 3 is 2.57 bits per heavy atom. The van der Waals surface area contributed by atoms with Crippen LogP contribution < -0.4 is 0 Å². The van der Waals surface area contributed by atoms with Gasteiger partial charge in [-0.25, -0.2) is 0 Å². The third-order valence-corrected chi connectivity index (χ3v) is 5.80. The molecule has 0 spiro atoms. The van der Waals surface area contributed by atoms with E-state index in [0.29, 0.717) is 0 Å². The van der Waals surface area contributed by atoms with E-state index in [2.05, 4.69) is 0 Å². The zero-order chi connectivity index (χ0) is 9.28. The third kappa shape index (κ3) is 0.856. The molecule has 0 aliphatic heterocycles. The first kappa shape index (κ1) is 8.15. The molecule has 0 heterocycles. The molecular weight excluding hydrogens is 172 g/mol. The van der Waals surface area contributed by atoms with Crippen LogP contribution in [0.2, 0.25) is 0 Å². The molecule has 14 heavy (non-hydrogen) atoms. The normalized spacial score (nSPS) is 62.8. The number of hydrogen-bond acceptors (Lipinski definition) is 1. The van der Waals surface area contributed by atoms with Crippen molar-refractivity contribution in [3.8, 4) is 0 Å². The molecule has 0 aromatic carbocycles. The summed E-state index contributed by atoms with van der Waals surface area (Å²) in [7, 11) is 1.87. The van der Waals surface area contributed by atoms with Gasteiger partial charge in [0, 0.05) is 13.7 Å². The fraction of sp³-hybridized carbons (Fsp3) is 1.00. The van der Waals surface area contributed by atoms with Gasteiger partial charge >= 0.3 is 0 Å². The molecule has 0 N–H and O–H groups in total. The van der Waals surface area contributed by atoms with Crippen molar-refractivity contribution < 1.29 is 4.74 Å². The molecule has 0 aromatic heterocycles. The topological polar surface area (TPSA) is 9.23 Å². The SMILES string of the molecule is COCC1CC2CC1C1CC3CC3C21. The van der Waals surface area contributed by atoms with Crippen LogP contribution in [0.25, 0.3) is 0 Å². The van der Waals surface area contributed by atoms with Gasteiger partial charge < -0.3 is 4.74 Å². The highest BCUT2D eigenvalue weighted by Gasteiger charge is 2.64. The van der Waals surface area contributed by atoms with Crippen LogP contribution in [0.5, 0.6) is 0 Å². The Bertz CT molecular complexity index is 262. The van der Waals surface area contributed by atoms with Crippen LogP contribution in [-0.4, -0.2) is 13.7 Å². The highest BCUT2D eigenvalue weighted by Crippen LogP contribution is 2.71. The van der Waals surface area contributed by atoms with Crippen LogP contribution in [0.15, 0.2) is 0 Å². The monoisotopic (exact) mass is 192 g/mol. The van der Waals surface area contributed by atoms with E-state index in [4.69, 9.17) is 4.74 Å². The minimum absolute atomic E-state index is 0.934. The van der Waals surface area contributed by atoms with Crippen molar-refractivity contribution in [3.63, 3.8) is 0 Å². The molecule has 4 aliphatic carbocycles. The number of rotatable bonds is 2. The largest absolute Gasteiger partial charge is 0.384 e. The third-order valence-electron chi connectivity index (χ3n) is 5.80. The van der Waals surface area contributed by atoms with Gasteiger partial charge in [0.15, 0.2) is 0 Å². The lowest BCUT2D eigenvalue weighted by molar-refractivity contribution is 0.0800. The van der Waals surface area contributed by atoms with Gasteiger partial charge in [0.1, 0.15) is 0 Å². The summed E-state index contributed by atoms with van der Waals surface area (Å²) < 4.78 is 5.36. The van der Waals surface area contributed by atoms with Gasteiger partial charge in [-0.2, -0.15) is 0 Å². The predicted molar refractivity (Wildman–Crippen MR) is 54.8 cm³/mol. The fourth-order valence-electron chi connectivity index (χ4n) is 5.44. The summed E-state index contributed by atoms with van der Waals surface area (Å²) in [6, 6.07) is 0. The molecule has 4 fully saturated rings. The maximum atomic E-state index is 5.36. The second kappa shape index (κ2) is 2.55. The zero-order valence-corrected chi connectivity index (χ0v) is 8.99. The van der Waals surface area contributed by atoms with E-state index >= 15 is 0 Å². The van der Waals surface area contributed by atoms with Gasteiger partial charge in [-0.15, -0.1) is 0 Å². The van der Waals surface area contributed by atoms with E-state index in [-0.39, 0.29) is 0 Å². The van der Waals surface area contributed by atoms with Crippen LogP contribution >= 0.6 is 0 Å². The van der Waals surface area contributed by atoms with Crippen LogP contribution in [0.1, 0.15) is 25.7 Å². The van der Waals surface area contributed by atoms with E-state index < -0.39 is 0 Å². The predicted octanol–water partition coefficient (Wildman–Crippen LogP) is 2.56. The first-order chi connectivity index (χ1) is 6.88. The summed E-state index contributed by atoms with van der Waals surface area (Å²) in [5.74, 6) is 7.80. The molecule has 4 rings (SSSR count). The Morgan fingerprint density at radius 2 is 1.71 bits per heavy atom. The molecule has 4 saturated carbocycles. The molecule has 4 aliphatic rings. The standard InChI is InChI=1S/C13H20O/c1-14-6-9-2-8-5-10(9)12-4-7-3-11(7)13(8)12/h7-13H,2-6H2,1H3. The fourth-order valence-corrected chi connectivity index (χ4v) is 5.44. The Morgan fingerprint density at radius 1 is 0.929 bits per heavy atom. The highest BCUT2D eigenvalue weighted by molar-refractivity contribution is 5.13. The van der Waals surface area contributed by atoms with Crippen molar-refractivity contribution in [2.75, 3.05) is 13.7 Å².